The molecule has 1 fully saturated rings. The monoisotopic (exact) mass is 407 g/mol. The molecular weight excluding hydrogens is 386 g/mol. The third-order valence-electron chi connectivity index (χ3n) is 4.60. The van der Waals surface area contributed by atoms with E-state index in [-0.39, 0.29) is 24.6 Å². The molecule has 1 aromatic carbocycles. The van der Waals surface area contributed by atoms with E-state index in [0.717, 1.165) is 5.56 Å². The second kappa shape index (κ2) is 8.77. The van der Waals surface area contributed by atoms with Crippen LogP contribution in [0.2, 0.25) is 0 Å². The second-order valence-electron chi connectivity index (χ2n) is 6.72. The Morgan fingerprint density at radius 2 is 1.87 bits per heavy atom. The fourth-order valence-corrected chi connectivity index (χ4v) is 3.07. The minimum atomic E-state index is -0.309. The average Bonchev–Trinajstić information content (AvgIpc) is 3.20. The number of rotatable bonds is 7. The molecule has 0 radical (unpaired) electrons. The third-order valence-corrected chi connectivity index (χ3v) is 4.60. The van der Waals surface area contributed by atoms with E-state index < -0.39 is 0 Å². The van der Waals surface area contributed by atoms with E-state index in [9.17, 15) is 4.79 Å². The standard InChI is InChI=1S/C22H21N3O5/c1-14-20(30-18-6-4-3-5-17(18)27-2)22(28-13-16-7-8-19(26)29-16)25-21(24-14)15-9-11-23-12-10-15/h3-6,9-12,16H,7-8,13H2,1-2H3/t16-/m0/s1. The Kier molecular flexibility index (Phi) is 5.74. The Labute approximate surface area is 173 Å². The van der Waals surface area contributed by atoms with Gasteiger partial charge in [0.25, 0.3) is 5.88 Å². The van der Waals surface area contributed by atoms with Crippen LogP contribution in [0.4, 0.5) is 0 Å². The quantitative estimate of drug-likeness (QED) is 0.547. The molecule has 0 bridgehead atoms. The number of aryl methyl sites for hydroxylation is 1. The SMILES string of the molecule is COc1ccccc1Oc1c(C)nc(-c2ccncc2)nc1OC[C@@H]1CCC(=O)O1. The van der Waals surface area contributed by atoms with E-state index in [2.05, 4.69) is 15.0 Å². The van der Waals surface area contributed by atoms with Crippen molar-refractivity contribution in [1.29, 1.82) is 0 Å². The van der Waals surface area contributed by atoms with Crippen molar-refractivity contribution in [1.82, 2.24) is 15.0 Å². The summed E-state index contributed by atoms with van der Waals surface area (Å²) in [7, 11) is 1.57. The molecule has 0 amide bonds. The van der Waals surface area contributed by atoms with Crippen LogP contribution >= 0.6 is 0 Å². The Hall–Kier alpha value is -3.68. The minimum absolute atomic E-state index is 0.181. The van der Waals surface area contributed by atoms with Crippen LogP contribution in [0.5, 0.6) is 23.1 Å². The van der Waals surface area contributed by atoms with Gasteiger partial charge in [-0.25, -0.2) is 4.98 Å². The molecule has 1 aliphatic rings. The van der Waals surface area contributed by atoms with Gasteiger partial charge in [0.05, 0.1) is 12.8 Å². The van der Waals surface area contributed by atoms with Crippen molar-refractivity contribution in [2.75, 3.05) is 13.7 Å². The van der Waals surface area contributed by atoms with Crippen molar-refractivity contribution in [3.8, 4) is 34.5 Å². The third kappa shape index (κ3) is 4.32. The summed E-state index contributed by atoms with van der Waals surface area (Å²) in [6.45, 7) is 2.00. The second-order valence-corrected chi connectivity index (χ2v) is 6.72. The van der Waals surface area contributed by atoms with Crippen molar-refractivity contribution in [2.45, 2.75) is 25.9 Å². The molecule has 8 nitrogen and oxygen atoms in total. The summed E-state index contributed by atoms with van der Waals surface area (Å²) in [6, 6.07) is 10.9. The van der Waals surface area contributed by atoms with Gasteiger partial charge in [0, 0.05) is 24.4 Å². The number of aromatic nitrogens is 3. The first-order valence-corrected chi connectivity index (χ1v) is 9.56. The molecule has 0 spiro atoms. The van der Waals surface area contributed by atoms with Gasteiger partial charge in [-0.3, -0.25) is 9.78 Å². The van der Waals surface area contributed by atoms with E-state index >= 15 is 0 Å². The first-order chi connectivity index (χ1) is 14.6. The number of cyclic esters (lactones) is 1. The zero-order valence-electron chi connectivity index (χ0n) is 16.7. The van der Waals surface area contributed by atoms with E-state index in [4.69, 9.17) is 18.9 Å². The number of benzene rings is 1. The van der Waals surface area contributed by atoms with Crippen molar-refractivity contribution in [3.63, 3.8) is 0 Å². The van der Waals surface area contributed by atoms with Gasteiger partial charge in [-0.15, -0.1) is 0 Å². The Morgan fingerprint density at radius 3 is 2.57 bits per heavy atom. The zero-order valence-corrected chi connectivity index (χ0v) is 16.7. The van der Waals surface area contributed by atoms with Crippen LogP contribution in [0.3, 0.4) is 0 Å². The normalized spacial score (nSPS) is 15.5. The number of hydrogen-bond acceptors (Lipinski definition) is 8. The lowest BCUT2D eigenvalue weighted by Gasteiger charge is -2.17. The number of pyridine rings is 1. The van der Waals surface area contributed by atoms with Crippen LogP contribution in [-0.4, -0.2) is 40.7 Å². The average molecular weight is 407 g/mol. The Bertz CT molecular complexity index is 1040. The smallest absolute Gasteiger partial charge is 0.306 e. The number of esters is 1. The van der Waals surface area contributed by atoms with Crippen LogP contribution in [0.25, 0.3) is 11.4 Å². The maximum Gasteiger partial charge on any atom is 0.306 e. The fraction of sp³-hybridized carbons (Fsp3) is 0.273. The topological polar surface area (TPSA) is 92.7 Å². The van der Waals surface area contributed by atoms with Gasteiger partial charge in [0.2, 0.25) is 5.75 Å². The number of nitrogens with zero attached hydrogens (tertiary/aromatic N) is 3. The summed E-state index contributed by atoms with van der Waals surface area (Å²) in [4.78, 5) is 24.6. The predicted octanol–water partition coefficient (Wildman–Crippen LogP) is 3.73. The van der Waals surface area contributed by atoms with Crippen LogP contribution in [0.15, 0.2) is 48.8 Å². The molecule has 30 heavy (non-hydrogen) atoms. The van der Waals surface area contributed by atoms with Crippen LogP contribution in [0, 0.1) is 6.92 Å². The van der Waals surface area contributed by atoms with Crippen molar-refractivity contribution < 1.29 is 23.7 Å². The lowest BCUT2D eigenvalue weighted by atomic mass is 10.2. The highest BCUT2D eigenvalue weighted by Crippen LogP contribution is 2.38. The van der Waals surface area contributed by atoms with Crippen molar-refractivity contribution in [3.05, 3.63) is 54.5 Å². The number of methoxy groups -OCH3 is 1. The van der Waals surface area contributed by atoms with Crippen LogP contribution in [0.1, 0.15) is 18.5 Å². The molecule has 1 aliphatic heterocycles. The number of hydrogen-bond donors (Lipinski definition) is 0. The molecule has 2 aromatic heterocycles. The van der Waals surface area contributed by atoms with E-state index in [0.29, 0.717) is 41.6 Å². The molecule has 1 atom stereocenters. The van der Waals surface area contributed by atoms with E-state index in [1.165, 1.54) is 0 Å². The van der Waals surface area contributed by atoms with Crippen molar-refractivity contribution in [2.24, 2.45) is 0 Å². The van der Waals surface area contributed by atoms with Crippen LogP contribution < -0.4 is 14.2 Å². The molecule has 0 unspecified atom stereocenters. The highest BCUT2D eigenvalue weighted by molar-refractivity contribution is 5.71. The molecule has 1 saturated heterocycles. The van der Waals surface area contributed by atoms with Crippen molar-refractivity contribution >= 4 is 5.97 Å². The summed E-state index contributed by atoms with van der Waals surface area (Å²) in [5.74, 6) is 2.00. The van der Waals surface area contributed by atoms with Gasteiger partial charge in [0.15, 0.2) is 17.3 Å². The number of para-hydroxylation sites is 2. The maximum absolute atomic E-state index is 11.4. The molecule has 0 saturated carbocycles. The summed E-state index contributed by atoms with van der Waals surface area (Å²) in [5.41, 5.74) is 1.40. The number of ether oxygens (including phenoxy) is 4. The van der Waals surface area contributed by atoms with Gasteiger partial charge in [-0.2, -0.15) is 4.98 Å². The molecule has 3 aromatic rings. The lowest BCUT2D eigenvalue weighted by molar-refractivity contribution is -0.142. The van der Waals surface area contributed by atoms with Crippen LogP contribution in [-0.2, 0) is 9.53 Å². The molecular formula is C22H21N3O5. The van der Waals surface area contributed by atoms with Gasteiger partial charge in [-0.05, 0) is 37.6 Å². The summed E-state index contributed by atoms with van der Waals surface area (Å²) in [5, 5.41) is 0. The molecule has 154 valence electrons. The summed E-state index contributed by atoms with van der Waals surface area (Å²) < 4.78 is 22.7. The molecule has 4 rings (SSSR count). The number of carbonyl (C=O) groups is 1. The first kappa shape index (κ1) is 19.6. The van der Waals surface area contributed by atoms with E-state index in [1.54, 1.807) is 31.6 Å². The minimum Gasteiger partial charge on any atom is -0.493 e. The molecule has 0 aliphatic carbocycles. The zero-order chi connectivity index (χ0) is 20.9. The van der Waals surface area contributed by atoms with Gasteiger partial charge < -0.3 is 18.9 Å². The fourth-order valence-electron chi connectivity index (χ4n) is 3.07. The lowest BCUT2D eigenvalue weighted by Crippen LogP contribution is -2.18. The Balaban J connectivity index is 1.68. The number of carbonyl (C=O) groups excluding carboxylic acids is 1. The highest BCUT2D eigenvalue weighted by atomic mass is 16.6. The van der Waals surface area contributed by atoms with Gasteiger partial charge >= 0.3 is 5.97 Å². The molecule has 8 heteroatoms. The highest BCUT2D eigenvalue weighted by Gasteiger charge is 2.25. The summed E-state index contributed by atoms with van der Waals surface area (Å²) in [6.07, 6.45) is 4.04. The van der Waals surface area contributed by atoms with Gasteiger partial charge in [0.1, 0.15) is 12.7 Å². The maximum atomic E-state index is 11.4. The first-order valence-electron chi connectivity index (χ1n) is 9.56. The Morgan fingerprint density at radius 1 is 1.10 bits per heavy atom. The van der Waals surface area contributed by atoms with Gasteiger partial charge in [-0.1, -0.05) is 12.1 Å². The predicted molar refractivity (Wildman–Crippen MR) is 108 cm³/mol. The van der Waals surface area contributed by atoms with E-state index in [1.807, 2.05) is 31.2 Å². The largest absolute Gasteiger partial charge is 0.493 e. The summed E-state index contributed by atoms with van der Waals surface area (Å²) >= 11 is 0. The molecule has 3 heterocycles. The molecule has 0 N–H and O–H groups in total.